The van der Waals surface area contributed by atoms with Gasteiger partial charge in [-0.05, 0) is 69.1 Å². The van der Waals surface area contributed by atoms with Crippen LogP contribution in [0.3, 0.4) is 0 Å². The molecule has 170 valence electrons. The monoisotopic (exact) mass is 460 g/mol. The Kier molecular flexibility index (Phi) is 6.00. The Labute approximate surface area is 197 Å². The predicted octanol–water partition coefficient (Wildman–Crippen LogP) is 4.88. The van der Waals surface area contributed by atoms with Gasteiger partial charge in [-0.3, -0.25) is 14.0 Å². The van der Waals surface area contributed by atoms with E-state index in [-0.39, 0.29) is 11.7 Å². The van der Waals surface area contributed by atoms with Crippen LogP contribution in [-0.2, 0) is 0 Å². The van der Waals surface area contributed by atoms with Crippen molar-refractivity contribution < 1.29 is 9.59 Å². The van der Waals surface area contributed by atoms with Gasteiger partial charge in [0.25, 0.3) is 5.91 Å². The second kappa shape index (κ2) is 9.08. The first kappa shape index (κ1) is 21.8. The van der Waals surface area contributed by atoms with Gasteiger partial charge in [0, 0.05) is 42.9 Å². The number of hydrogen-bond acceptors (Lipinski definition) is 5. The molecule has 1 saturated heterocycles. The summed E-state index contributed by atoms with van der Waals surface area (Å²) in [5, 5.41) is 2.63. The van der Waals surface area contributed by atoms with Crippen LogP contribution < -0.4 is 5.32 Å². The van der Waals surface area contributed by atoms with Crippen molar-refractivity contribution in [3.63, 3.8) is 0 Å². The predicted molar refractivity (Wildman–Crippen MR) is 133 cm³/mol. The summed E-state index contributed by atoms with van der Waals surface area (Å²) in [6, 6.07) is 13.4. The Morgan fingerprint density at radius 3 is 2.70 bits per heavy atom. The Morgan fingerprint density at radius 1 is 1.15 bits per heavy atom. The van der Waals surface area contributed by atoms with Gasteiger partial charge in [0.15, 0.2) is 10.7 Å². The van der Waals surface area contributed by atoms with Crippen molar-refractivity contribution in [2.24, 2.45) is 5.92 Å². The van der Waals surface area contributed by atoms with Crippen molar-refractivity contribution in [1.29, 1.82) is 0 Å². The van der Waals surface area contributed by atoms with E-state index in [1.807, 2.05) is 48.7 Å². The molecule has 33 heavy (non-hydrogen) atoms. The van der Waals surface area contributed by atoms with Crippen molar-refractivity contribution in [3.05, 3.63) is 59.8 Å². The fourth-order valence-electron chi connectivity index (χ4n) is 4.74. The van der Waals surface area contributed by atoms with Crippen LogP contribution in [0.1, 0.15) is 46.4 Å². The number of rotatable bonds is 6. The first-order valence-corrected chi connectivity index (χ1v) is 12.3. The Hall–Kier alpha value is -3.03. The van der Waals surface area contributed by atoms with Crippen molar-refractivity contribution in [3.8, 4) is 11.3 Å². The summed E-state index contributed by atoms with van der Waals surface area (Å²) in [6.07, 6.45) is 6.07. The zero-order valence-corrected chi connectivity index (χ0v) is 19.8. The van der Waals surface area contributed by atoms with Crippen molar-refractivity contribution >= 4 is 38.2 Å². The number of thiazole rings is 1. The molecule has 0 unspecified atom stereocenters. The number of aromatic nitrogens is 2. The van der Waals surface area contributed by atoms with Gasteiger partial charge in [-0.25, -0.2) is 4.98 Å². The third-order valence-electron chi connectivity index (χ3n) is 6.59. The molecule has 1 amide bonds. The molecule has 0 spiro atoms. The molecule has 1 aliphatic rings. The van der Waals surface area contributed by atoms with Crippen molar-refractivity contribution in [2.75, 3.05) is 27.2 Å². The van der Waals surface area contributed by atoms with E-state index < -0.39 is 0 Å². The number of hydrogen-bond donors (Lipinski definition) is 1. The number of Topliss-reactive ketones (excluding diaryl/α,β-unsaturated/α-hetero) is 1. The highest BCUT2D eigenvalue weighted by Crippen LogP contribution is 2.31. The molecule has 3 heterocycles. The summed E-state index contributed by atoms with van der Waals surface area (Å²) in [4.78, 5) is 32.7. The molecule has 0 bridgehead atoms. The zero-order valence-electron chi connectivity index (χ0n) is 19.0. The van der Waals surface area contributed by atoms with E-state index in [1.165, 1.54) is 19.4 Å². The number of carbonyl (C=O) groups is 2. The van der Waals surface area contributed by atoms with Gasteiger partial charge in [-0.2, -0.15) is 0 Å². The molecule has 4 aromatic rings. The van der Waals surface area contributed by atoms with E-state index in [0.29, 0.717) is 17.9 Å². The largest absolute Gasteiger partial charge is 0.355 e. The van der Waals surface area contributed by atoms with E-state index >= 15 is 0 Å². The molecule has 0 saturated carbocycles. The van der Waals surface area contributed by atoms with Gasteiger partial charge in [0.1, 0.15) is 0 Å². The molecule has 1 N–H and O–H groups in total. The van der Waals surface area contributed by atoms with Crippen molar-refractivity contribution in [1.82, 2.24) is 19.6 Å². The molecular formula is C26H28N4O2S. The molecule has 2 aromatic heterocycles. The average Bonchev–Trinajstić information content (AvgIpc) is 3.40. The second-order valence-electron chi connectivity index (χ2n) is 8.95. The minimum absolute atomic E-state index is 0.102. The zero-order chi connectivity index (χ0) is 22.9. The highest BCUT2D eigenvalue weighted by molar-refractivity contribution is 7.23. The van der Waals surface area contributed by atoms with Gasteiger partial charge in [-0.15, -0.1) is 0 Å². The normalized spacial score (nSPS) is 17.0. The van der Waals surface area contributed by atoms with Crippen LogP contribution in [0.5, 0.6) is 0 Å². The maximum atomic E-state index is 12.8. The smallest absolute Gasteiger partial charge is 0.251 e. The van der Waals surface area contributed by atoms with E-state index in [4.69, 9.17) is 4.98 Å². The van der Waals surface area contributed by atoms with Gasteiger partial charge >= 0.3 is 0 Å². The number of carbonyl (C=O) groups excluding carboxylic acids is 2. The molecule has 0 radical (unpaired) electrons. The SMILES string of the molecule is CNC(=O)c1ccc(-c2cn3c(n2)sc2cc(C(=O)CC[C@H]4CCCN(C)C4)ccc23)cc1. The molecule has 1 aliphatic heterocycles. The Morgan fingerprint density at radius 2 is 1.94 bits per heavy atom. The highest BCUT2D eigenvalue weighted by Gasteiger charge is 2.19. The topological polar surface area (TPSA) is 66.7 Å². The third-order valence-corrected chi connectivity index (χ3v) is 7.61. The lowest BCUT2D eigenvalue weighted by Gasteiger charge is -2.29. The second-order valence-corrected chi connectivity index (χ2v) is 9.96. The van der Waals surface area contributed by atoms with E-state index in [0.717, 1.165) is 45.0 Å². The first-order valence-electron chi connectivity index (χ1n) is 11.5. The lowest BCUT2D eigenvalue weighted by Crippen LogP contribution is -2.32. The highest BCUT2D eigenvalue weighted by atomic mass is 32.1. The van der Waals surface area contributed by atoms with Gasteiger partial charge in [0.2, 0.25) is 0 Å². The van der Waals surface area contributed by atoms with Crippen LogP contribution >= 0.6 is 11.3 Å². The van der Waals surface area contributed by atoms with Crippen LogP contribution in [-0.4, -0.2) is 53.2 Å². The standard InChI is InChI=1S/C26H28N4O2S/c1-27-25(32)19-8-6-18(7-9-19)21-16-30-22-11-10-20(14-24(22)33-26(30)28-21)23(31)12-5-17-4-3-13-29(2)15-17/h6-11,14,16-17H,3-5,12-13,15H2,1-2H3,(H,27,32)/t17-/m1/s1. The summed E-state index contributed by atoms with van der Waals surface area (Å²) in [5.41, 5.74) is 4.30. The maximum absolute atomic E-state index is 12.8. The molecule has 0 aliphatic carbocycles. The quantitative estimate of drug-likeness (QED) is 0.417. The minimum atomic E-state index is -0.102. The number of fused-ring (bicyclic) bond motifs is 3. The first-order chi connectivity index (χ1) is 16.0. The minimum Gasteiger partial charge on any atom is -0.355 e. The number of nitrogens with zero attached hydrogens (tertiary/aromatic N) is 3. The number of imidazole rings is 1. The van der Waals surface area contributed by atoms with Crippen LogP contribution in [0.15, 0.2) is 48.7 Å². The van der Waals surface area contributed by atoms with Crippen LogP contribution in [0.2, 0.25) is 0 Å². The third kappa shape index (κ3) is 4.43. The molecule has 2 aromatic carbocycles. The summed E-state index contributed by atoms with van der Waals surface area (Å²) in [7, 11) is 3.79. The number of ketones is 1. The summed E-state index contributed by atoms with van der Waals surface area (Å²) in [6.45, 7) is 2.27. The molecule has 5 rings (SSSR count). The Balaban J connectivity index is 1.33. The van der Waals surface area contributed by atoms with E-state index in [2.05, 4.69) is 21.7 Å². The summed E-state index contributed by atoms with van der Waals surface area (Å²) >= 11 is 1.60. The Bertz CT molecular complexity index is 1320. The number of nitrogens with one attached hydrogen (secondary N) is 1. The van der Waals surface area contributed by atoms with Gasteiger partial charge < -0.3 is 10.2 Å². The van der Waals surface area contributed by atoms with Gasteiger partial charge in [0.05, 0.1) is 15.9 Å². The molecule has 1 atom stereocenters. The van der Waals surface area contributed by atoms with Crippen LogP contribution in [0, 0.1) is 5.92 Å². The number of amides is 1. The van der Waals surface area contributed by atoms with Crippen LogP contribution in [0.4, 0.5) is 0 Å². The fraction of sp³-hybridized carbons (Fsp3) is 0.346. The fourth-order valence-corrected chi connectivity index (χ4v) is 5.79. The molecule has 7 heteroatoms. The molecule has 1 fully saturated rings. The van der Waals surface area contributed by atoms with E-state index in [1.54, 1.807) is 18.4 Å². The summed E-state index contributed by atoms with van der Waals surface area (Å²) in [5.74, 6) is 0.758. The lowest BCUT2D eigenvalue weighted by molar-refractivity contribution is 0.0955. The number of piperidine rings is 1. The van der Waals surface area contributed by atoms with Crippen molar-refractivity contribution in [2.45, 2.75) is 25.7 Å². The summed E-state index contributed by atoms with van der Waals surface area (Å²) < 4.78 is 3.15. The lowest BCUT2D eigenvalue weighted by atomic mass is 9.92. The number of benzene rings is 2. The average molecular weight is 461 g/mol. The molecular weight excluding hydrogens is 432 g/mol. The van der Waals surface area contributed by atoms with Crippen LogP contribution in [0.25, 0.3) is 26.4 Å². The number of likely N-dealkylation sites (tertiary alicyclic amines) is 1. The maximum Gasteiger partial charge on any atom is 0.251 e. The van der Waals surface area contributed by atoms with E-state index in [9.17, 15) is 9.59 Å². The van der Waals surface area contributed by atoms with Gasteiger partial charge in [-0.1, -0.05) is 23.5 Å². The molecule has 6 nitrogen and oxygen atoms in total.